The summed E-state index contributed by atoms with van der Waals surface area (Å²) in [5.41, 5.74) is -2.39. The van der Waals surface area contributed by atoms with Crippen molar-refractivity contribution in [1.29, 1.82) is 0 Å². The van der Waals surface area contributed by atoms with Gasteiger partial charge in [-0.25, -0.2) is 9.59 Å². The molecule has 0 spiro atoms. The second-order valence-electron chi connectivity index (χ2n) is 6.54. The van der Waals surface area contributed by atoms with Gasteiger partial charge in [0.2, 0.25) is 5.78 Å². The molecule has 2 aromatic rings. The van der Waals surface area contributed by atoms with Crippen LogP contribution in [0.1, 0.15) is 15.9 Å². The monoisotopic (exact) mass is 426 g/mol. The minimum absolute atomic E-state index is 0.236. The molecule has 162 valence electrons. The Morgan fingerprint density at radius 1 is 0.710 bits per heavy atom. The fourth-order valence-electron chi connectivity index (χ4n) is 3.64. The molecule has 0 radical (unpaired) electrons. The Bertz CT molecular complexity index is 1010. The molecule has 0 aliphatic carbocycles. The maximum absolute atomic E-state index is 13.9. The number of esters is 2. The number of ketones is 1. The van der Waals surface area contributed by atoms with Gasteiger partial charge in [0.25, 0.3) is 0 Å². The molecule has 3 rings (SSSR count). The summed E-state index contributed by atoms with van der Waals surface area (Å²) in [5.74, 6) is -4.75. The van der Waals surface area contributed by atoms with Crippen molar-refractivity contribution >= 4 is 17.7 Å². The molecule has 1 heterocycles. The number of ether oxygens (including phenoxy) is 5. The first kappa shape index (κ1) is 22.4. The predicted molar refractivity (Wildman–Crippen MR) is 108 cm³/mol. The van der Waals surface area contributed by atoms with E-state index in [2.05, 4.69) is 0 Å². The predicted octanol–water partition coefficient (Wildman–Crippen LogP) is 2.38. The van der Waals surface area contributed by atoms with Crippen LogP contribution in [0.15, 0.2) is 71.8 Å². The first-order chi connectivity index (χ1) is 14.9. The molecule has 0 amide bonds. The lowest BCUT2D eigenvalue weighted by Crippen LogP contribution is -2.46. The first-order valence-electron chi connectivity index (χ1n) is 9.29. The molecule has 1 aliphatic heterocycles. The van der Waals surface area contributed by atoms with E-state index < -0.39 is 34.9 Å². The third kappa shape index (κ3) is 3.44. The van der Waals surface area contributed by atoms with Gasteiger partial charge in [-0.05, 0) is 5.56 Å². The van der Waals surface area contributed by atoms with Crippen LogP contribution >= 0.6 is 0 Å². The minimum atomic E-state index is -2.20. The quantitative estimate of drug-likeness (QED) is 0.378. The molecule has 2 aromatic carbocycles. The van der Waals surface area contributed by atoms with Crippen LogP contribution in [0.5, 0.6) is 0 Å². The van der Waals surface area contributed by atoms with Crippen molar-refractivity contribution in [3.8, 4) is 0 Å². The summed E-state index contributed by atoms with van der Waals surface area (Å²) < 4.78 is 26.8. The zero-order chi connectivity index (χ0) is 22.6. The van der Waals surface area contributed by atoms with E-state index in [1.165, 1.54) is 14.2 Å². The van der Waals surface area contributed by atoms with Gasteiger partial charge in [-0.3, -0.25) is 9.53 Å². The number of rotatable bonds is 7. The van der Waals surface area contributed by atoms with E-state index >= 15 is 0 Å². The molecule has 1 unspecified atom stereocenters. The van der Waals surface area contributed by atoms with Gasteiger partial charge in [0.15, 0.2) is 5.60 Å². The summed E-state index contributed by atoms with van der Waals surface area (Å²) >= 11 is 0. The van der Waals surface area contributed by atoms with Gasteiger partial charge in [-0.2, -0.15) is 0 Å². The zero-order valence-corrected chi connectivity index (χ0v) is 17.5. The normalized spacial score (nSPS) is 19.7. The molecule has 31 heavy (non-hydrogen) atoms. The van der Waals surface area contributed by atoms with Gasteiger partial charge < -0.3 is 18.9 Å². The van der Waals surface area contributed by atoms with E-state index in [0.29, 0.717) is 0 Å². The SMILES string of the molecule is COC(=O)C1=C(C(=O)OC)C(C(=O)c2ccccc2)(c2ccccc2)OC1(OC)OC. The molecule has 0 bridgehead atoms. The highest BCUT2D eigenvalue weighted by Gasteiger charge is 2.66. The summed E-state index contributed by atoms with van der Waals surface area (Å²) in [6.07, 6.45) is 0. The van der Waals surface area contributed by atoms with Crippen LogP contribution in [0, 0.1) is 0 Å². The van der Waals surface area contributed by atoms with Crippen molar-refractivity contribution < 1.29 is 38.1 Å². The molecule has 0 aromatic heterocycles. The Morgan fingerprint density at radius 2 is 1.19 bits per heavy atom. The Hall–Kier alpha value is -3.33. The number of carbonyl (C=O) groups excluding carboxylic acids is 3. The molecule has 0 saturated heterocycles. The van der Waals surface area contributed by atoms with Crippen molar-refractivity contribution in [2.45, 2.75) is 11.6 Å². The van der Waals surface area contributed by atoms with E-state index in [9.17, 15) is 14.4 Å². The lowest BCUT2D eigenvalue weighted by molar-refractivity contribution is -0.348. The molecule has 1 aliphatic rings. The molecule has 8 nitrogen and oxygen atoms in total. The van der Waals surface area contributed by atoms with Crippen LogP contribution in [-0.4, -0.2) is 52.1 Å². The highest BCUT2D eigenvalue weighted by atomic mass is 16.9. The van der Waals surface area contributed by atoms with Crippen molar-refractivity contribution in [3.05, 3.63) is 82.9 Å². The van der Waals surface area contributed by atoms with Gasteiger partial charge in [0, 0.05) is 19.8 Å². The molecule has 1 atom stereocenters. The first-order valence-corrected chi connectivity index (χ1v) is 9.29. The van der Waals surface area contributed by atoms with E-state index in [-0.39, 0.29) is 16.7 Å². The molecule has 0 N–H and O–H groups in total. The number of carbonyl (C=O) groups is 3. The van der Waals surface area contributed by atoms with Gasteiger partial charge >= 0.3 is 17.9 Å². The molecular weight excluding hydrogens is 404 g/mol. The Balaban J connectivity index is 2.47. The standard InChI is InChI=1S/C23H22O8/c1-27-20(25)17-18(21(26)28-2)23(29-3,30-4)31-22(17,16-13-9-6-10-14-16)19(24)15-11-7-5-8-12-15/h5-14H,1-4H3. The largest absolute Gasteiger partial charge is 0.466 e. The van der Waals surface area contributed by atoms with Crippen LogP contribution in [0.2, 0.25) is 0 Å². The van der Waals surface area contributed by atoms with E-state index in [4.69, 9.17) is 23.7 Å². The summed E-state index contributed by atoms with van der Waals surface area (Å²) in [7, 11) is 4.69. The Kier molecular flexibility index (Phi) is 6.35. The van der Waals surface area contributed by atoms with Crippen molar-refractivity contribution in [2.24, 2.45) is 0 Å². The van der Waals surface area contributed by atoms with Gasteiger partial charge in [0.1, 0.15) is 11.1 Å². The number of hydrogen-bond donors (Lipinski definition) is 0. The van der Waals surface area contributed by atoms with Crippen molar-refractivity contribution in [2.75, 3.05) is 28.4 Å². The number of benzene rings is 2. The summed E-state index contributed by atoms with van der Waals surface area (Å²) in [6, 6.07) is 16.5. The third-order valence-electron chi connectivity index (χ3n) is 5.05. The fraction of sp³-hybridized carbons (Fsp3) is 0.261. The highest BCUT2D eigenvalue weighted by Crippen LogP contribution is 2.52. The second kappa shape index (κ2) is 8.81. The lowest BCUT2D eigenvalue weighted by Gasteiger charge is -2.34. The average molecular weight is 426 g/mol. The number of methoxy groups -OCH3 is 4. The van der Waals surface area contributed by atoms with E-state index in [1.54, 1.807) is 60.7 Å². The summed E-state index contributed by atoms with van der Waals surface area (Å²) in [5, 5.41) is 0. The van der Waals surface area contributed by atoms with Crippen LogP contribution in [0.4, 0.5) is 0 Å². The smallest absolute Gasteiger partial charge is 0.342 e. The molecule has 8 heteroatoms. The van der Waals surface area contributed by atoms with Gasteiger partial charge in [-0.15, -0.1) is 0 Å². The lowest BCUT2D eigenvalue weighted by atomic mass is 9.79. The number of hydrogen-bond acceptors (Lipinski definition) is 8. The molecule has 0 saturated carbocycles. The topological polar surface area (TPSA) is 97.4 Å². The van der Waals surface area contributed by atoms with Crippen LogP contribution in [0.3, 0.4) is 0 Å². The van der Waals surface area contributed by atoms with Gasteiger partial charge in [0.05, 0.1) is 14.2 Å². The zero-order valence-electron chi connectivity index (χ0n) is 17.5. The fourth-order valence-corrected chi connectivity index (χ4v) is 3.64. The van der Waals surface area contributed by atoms with E-state index in [1.807, 2.05) is 0 Å². The summed E-state index contributed by atoms with van der Waals surface area (Å²) in [4.78, 5) is 39.8. The Morgan fingerprint density at radius 3 is 1.68 bits per heavy atom. The van der Waals surface area contributed by atoms with Crippen molar-refractivity contribution in [3.63, 3.8) is 0 Å². The van der Waals surface area contributed by atoms with Crippen LogP contribution in [0.25, 0.3) is 0 Å². The van der Waals surface area contributed by atoms with Crippen molar-refractivity contribution in [1.82, 2.24) is 0 Å². The third-order valence-corrected chi connectivity index (χ3v) is 5.05. The average Bonchev–Trinajstić information content (AvgIpc) is 3.16. The highest BCUT2D eigenvalue weighted by molar-refractivity contribution is 6.15. The van der Waals surface area contributed by atoms with Crippen LogP contribution in [-0.2, 0) is 38.9 Å². The number of Topliss-reactive ketones (excluding diaryl/α,β-unsaturated/α-hetero) is 1. The summed E-state index contributed by atoms with van der Waals surface area (Å²) in [6.45, 7) is 0. The van der Waals surface area contributed by atoms with E-state index in [0.717, 1.165) is 14.2 Å². The maximum atomic E-state index is 13.9. The van der Waals surface area contributed by atoms with Crippen LogP contribution < -0.4 is 0 Å². The minimum Gasteiger partial charge on any atom is -0.466 e. The second-order valence-corrected chi connectivity index (χ2v) is 6.54. The molecule has 0 fully saturated rings. The Labute approximate surface area is 179 Å². The van der Waals surface area contributed by atoms with Gasteiger partial charge in [-0.1, -0.05) is 60.7 Å². The maximum Gasteiger partial charge on any atom is 0.342 e. The molecular formula is C23H22O8.